The second kappa shape index (κ2) is 63.7. The first-order valence-corrected chi connectivity index (χ1v) is 33.7. The Hall–Kier alpha value is -1.85. The smallest absolute Gasteiger partial charge is 0.306 e. The Morgan fingerprint density at radius 2 is 0.446 bits per heavy atom. The summed E-state index contributed by atoms with van der Waals surface area (Å²) in [5.41, 5.74) is 0. The molecule has 0 N–H and O–H groups in total. The van der Waals surface area contributed by atoms with Crippen molar-refractivity contribution in [2.75, 3.05) is 13.2 Å². The normalized spacial score (nSPS) is 12.0. The SMILES string of the molecule is CCCCCCC/C=C\CCCCCCCC(=O)OC(COC(=O)CCCCCCCCCCCCC)COC(=O)CCCCCCCCCCCCCCCCCCCCCCCCCCCCCCCCC. The van der Waals surface area contributed by atoms with E-state index in [1.54, 1.807) is 0 Å². The van der Waals surface area contributed by atoms with Crippen LogP contribution in [0, 0.1) is 0 Å². The van der Waals surface area contributed by atoms with Gasteiger partial charge in [0.05, 0.1) is 0 Å². The summed E-state index contributed by atoms with van der Waals surface area (Å²) in [6, 6.07) is 0. The number of unbranched alkanes of at least 4 members (excludes halogenated alkanes) is 50. The van der Waals surface area contributed by atoms with E-state index in [4.69, 9.17) is 14.2 Å². The predicted octanol–water partition coefficient (Wildman–Crippen LogP) is 22.8. The molecule has 0 fully saturated rings. The highest BCUT2D eigenvalue weighted by Crippen LogP contribution is 2.19. The number of allylic oxidation sites excluding steroid dienone is 2. The van der Waals surface area contributed by atoms with E-state index in [2.05, 4.69) is 32.9 Å². The lowest BCUT2D eigenvalue weighted by molar-refractivity contribution is -0.167. The number of hydrogen-bond acceptors (Lipinski definition) is 6. The number of carbonyl (C=O) groups is 3. The van der Waals surface area contributed by atoms with Gasteiger partial charge in [0.15, 0.2) is 6.10 Å². The molecule has 74 heavy (non-hydrogen) atoms. The molecule has 0 aliphatic carbocycles. The van der Waals surface area contributed by atoms with Crippen molar-refractivity contribution in [3.63, 3.8) is 0 Å². The van der Waals surface area contributed by atoms with Crippen LogP contribution in [0.1, 0.15) is 387 Å². The van der Waals surface area contributed by atoms with Crippen molar-refractivity contribution >= 4 is 17.9 Å². The fourth-order valence-corrected chi connectivity index (χ4v) is 10.4. The molecule has 438 valence electrons. The largest absolute Gasteiger partial charge is 0.462 e. The van der Waals surface area contributed by atoms with E-state index in [0.717, 1.165) is 64.2 Å². The van der Waals surface area contributed by atoms with Crippen LogP contribution in [-0.2, 0) is 28.6 Å². The van der Waals surface area contributed by atoms with Gasteiger partial charge in [0.2, 0.25) is 0 Å². The molecule has 0 saturated carbocycles. The average Bonchev–Trinajstić information content (AvgIpc) is 3.40. The maximum absolute atomic E-state index is 12.9. The Balaban J connectivity index is 4.04. The summed E-state index contributed by atoms with van der Waals surface area (Å²) < 4.78 is 16.9. The van der Waals surface area contributed by atoms with Gasteiger partial charge in [-0.15, -0.1) is 0 Å². The van der Waals surface area contributed by atoms with Gasteiger partial charge in [-0.3, -0.25) is 14.4 Å². The molecule has 0 saturated heterocycles. The molecule has 0 aliphatic rings. The third-order valence-corrected chi connectivity index (χ3v) is 15.5. The van der Waals surface area contributed by atoms with E-state index in [9.17, 15) is 14.4 Å². The first-order chi connectivity index (χ1) is 36.5. The van der Waals surface area contributed by atoms with Crippen molar-refractivity contribution in [1.29, 1.82) is 0 Å². The molecule has 0 radical (unpaired) electrons. The molecule has 0 heterocycles. The summed E-state index contributed by atoms with van der Waals surface area (Å²) >= 11 is 0. The second-order valence-corrected chi connectivity index (χ2v) is 23.1. The van der Waals surface area contributed by atoms with Gasteiger partial charge >= 0.3 is 17.9 Å². The maximum atomic E-state index is 12.9. The molecule has 1 atom stereocenters. The highest BCUT2D eigenvalue weighted by molar-refractivity contribution is 5.71. The maximum Gasteiger partial charge on any atom is 0.306 e. The number of hydrogen-bond donors (Lipinski definition) is 0. The number of ether oxygens (including phenoxy) is 3. The predicted molar refractivity (Wildman–Crippen MR) is 321 cm³/mol. The van der Waals surface area contributed by atoms with Crippen LogP contribution in [0.4, 0.5) is 0 Å². The lowest BCUT2D eigenvalue weighted by Crippen LogP contribution is -2.30. The molecule has 0 aromatic carbocycles. The van der Waals surface area contributed by atoms with E-state index in [1.165, 1.54) is 283 Å². The molecule has 0 amide bonds. The Kier molecular flexibility index (Phi) is 62.1. The highest BCUT2D eigenvalue weighted by Gasteiger charge is 2.19. The van der Waals surface area contributed by atoms with Crippen LogP contribution in [0.2, 0.25) is 0 Å². The quantitative estimate of drug-likeness (QED) is 0.0261. The summed E-state index contributed by atoms with van der Waals surface area (Å²) in [4.78, 5) is 38.2. The summed E-state index contributed by atoms with van der Waals surface area (Å²) in [6.45, 7) is 6.68. The zero-order chi connectivity index (χ0) is 53.6. The fraction of sp³-hybridized carbons (Fsp3) is 0.926. The van der Waals surface area contributed by atoms with E-state index >= 15 is 0 Å². The van der Waals surface area contributed by atoms with Crippen LogP contribution >= 0.6 is 0 Å². The van der Waals surface area contributed by atoms with Crippen LogP contribution in [0.3, 0.4) is 0 Å². The van der Waals surface area contributed by atoms with Crippen molar-refractivity contribution in [3.8, 4) is 0 Å². The van der Waals surface area contributed by atoms with Crippen LogP contribution in [0.15, 0.2) is 12.2 Å². The first kappa shape index (κ1) is 72.2. The van der Waals surface area contributed by atoms with Gasteiger partial charge < -0.3 is 14.2 Å². The molecule has 0 aliphatic heterocycles. The van der Waals surface area contributed by atoms with Crippen molar-refractivity contribution in [2.24, 2.45) is 0 Å². The lowest BCUT2D eigenvalue weighted by atomic mass is 10.0. The van der Waals surface area contributed by atoms with Gasteiger partial charge in [-0.1, -0.05) is 335 Å². The molecule has 0 bridgehead atoms. The summed E-state index contributed by atoms with van der Waals surface area (Å²) in [5, 5.41) is 0. The molecular weight excluding hydrogens is 913 g/mol. The molecule has 0 spiro atoms. The average molecular weight is 1040 g/mol. The first-order valence-electron chi connectivity index (χ1n) is 33.7. The Morgan fingerprint density at radius 1 is 0.257 bits per heavy atom. The second-order valence-electron chi connectivity index (χ2n) is 23.1. The topological polar surface area (TPSA) is 78.9 Å². The van der Waals surface area contributed by atoms with Crippen LogP contribution in [0.5, 0.6) is 0 Å². The van der Waals surface area contributed by atoms with Crippen LogP contribution in [0.25, 0.3) is 0 Å². The Labute approximate surface area is 462 Å². The lowest BCUT2D eigenvalue weighted by Gasteiger charge is -2.18. The van der Waals surface area contributed by atoms with Crippen molar-refractivity contribution in [1.82, 2.24) is 0 Å². The van der Waals surface area contributed by atoms with Gasteiger partial charge in [-0.2, -0.15) is 0 Å². The van der Waals surface area contributed by atoms with Crippen molar-refractivity contribution < 1.29 is 28.6 Å². The fourth-order valence-electron chi connectivity index (χ4n) is 10.4. The van der Waals surface area contributed by atoms with Crippen LogP contribution in [-0.4, -0.2) is 37.2 Å². The molecule has 0 rings (SSSR count). The minimum Gasteiger partial charge on any atom is -0.462 e. The van der Waals surface area contributed by atoms with E-state index in [1.807, 2.05) is 0 Å². The molecule has 6 heteroatoms. The van der Waals surface area contributed by atoms with Crippen molar-refractivity contribution in [2.45, 2.75) is 393 Å². The molecule has 1 unspecified atom stereocenters. The zero-order valence-electron chi connectivity index (χ0n) is 50.4. The molecule has 6 nitrogen and oxygen atoms in total. The van der Waals surface area contributed by atoms with E-state index in [-0.39, 0.29) is 31.1 Å². The third kappa shape index (κ3) is 61.0. The van der Waals surface area contributed by atoms with E-state index in [0.29, 0.717) is 19.3 Å². The van der Waals surface area contributed by atoms with Gasteiger partial charge in [0.1, 0.15) is 13.2 Å². The van der Waals surface area contributed by atoms with Crippen molar-refractivity contribution in [3.05, 3.63) is 12.2 Å². The summed E-state index contributed by atoms with van der Waals surface area (Å²) in [6.07, 6.45) is 75.4. The molecule has 0 aromatic rings. The Morgan fingerprint density at radius 3 is 0.676 bits per heavy atom. The van der Waals surface area contributed by atoms with Gasteiger partial charge in [0, 0.05) is 19.3 Å². The van der Waals surface area contributed by atoms with Gasteiger partial charge in [-0.25, -0.2) is 0 Å². The Bertz CT molecular complexity index is 1150. The van der Waals surface area contributed by atoms with E-state index < -0.39 is 6.10 Å². The van der Waals surface area contributed by atoms with Crippen LogP contribution < -0.4 is 0 Å². The number of esters is 3. The van der Waals surface area contributed by atoms with Gasteiger partial charge in [-0.05, 0) is 44.9 Å². The minimum absolute atomic E-state index is 0.0673. The van der Waals surface area contributed by atoms with Gasteiger partial charge in [0.25, 0.3) is 0 Å². The monoisotopic (exact) mass is 1040 g/mol. The summed E-state index contributed by atoms with van der Waals surface area (Å²) in [7, 11) is 0. The zero-order valence-corrected chi connectivity index (χ0v) is 50.4. The third-order valence-electron chi connectivity index (χ3n) is 15.5. The number of carbonyl (C=O) groups excluding carboxylic acids is 3. The standard InChI is InChI=1S/C68H130O6/c1-4-7-10-13-16-19-22-24-26-27-28-29-30-31-32-33-34-35-36-37-38-39-40-41-42-44-46-49-52-55-58-61-67(70)73-64-65(63-72-66(69)60-57-54-51-48-45-21-18-15-12-9-6-3)74-68(71)62-59-56-53-50-47-43-25-23-20-17-14-11-8-5-2/h23,25,65H,4-22,24,26-64H2,1-3H3/b25-23-. The highest BCUT2D eigenvalue weighted by atomic mass is 16.6. The minimum atomic E-state index is -0.769. The molecule has 0 aromatic heterocycles. The number of rotatable bonds is 63. The molecular formula is C68H130O6. The summed E-state index contributed by atoms with van der Waals surface area (Å²) in [5.74, 6) is -0.850.